The third kappa shape index (κ3) is 7.11. The van der Waals surface area contributed by atoms with Gasteiger partial charge in [-0.3, -0.25) is 14.6 Å². The maximum absolute atomic E-state index is 13.9. The monoisotopic (exact) mass is 781 g/mol. The first-order valence-electron chi connectivity index (χ1n) is 19.4. The summed E-state index contributed by atoms with van der Waals surface area (Å²) < 4.78 is 48.8. The van der Waals surface area contributed by atoms with Crippen LogP contribution in [0.2, 0.25) is 5.02 Å². The van der Waals surface area contributed by atoms with Crippen molar-refractivity contribution in [1.29, 1.82) is 0 Å². The summed E-state index contributed by atoms with van der Waals surface area (Å²) in [6.45, 7) is 9.58. The highest BCUT2D eigenvalue weighted by Crippen LogP contribution is 2.47. The predicted molar refractivity (Wildman–Crippen MR) is 206 cm³/mol. The summed E-state index contributed by atoms with van der Waals surface area (Å²) in [4.78, 5) is 35.8. The van der Waals surface area contributed by atoms with Crippen LogP contribution in [-0.4, -0.2) is 125 Å². The van der Waals surface area contributed by atoms with Crippen LogP contribution in [0.25, 0.3) is 0 Å². The highest BCUT2D eigenvalue weighted by Gasteiger charge is 2.46. The topological polar surface area (TPSA) is 121 Å². The molecule has 2 bridgehead atoms. The lowest BCUT2D eigenvalue weighted by atomic mass is 9.68. The van der Waals surface area contributed by atoms with Gasteiger partial charge in [0.05, 0.1) is 42.0 Å². The Kier molecular flexibility index (Phi) is 10.2. The molecule has 2 aromatic carbocycles. The molecule has 1 spiro atoms. The number of morpholine rings is 1. The first-order valence-corrected chi connectivity index (χ1v) is 21.2. The number of piperazine rings is 1. The van der Waals surface area contributed by atoms with E-state index >= 15 is 0 Å². The SMILES string of the molecule is CN1C/C=C\[C@H](OC(=O)N2CCN3CCOC[C@@H]3C2)[C@@H]2CC[C@H]2CN2C[C@@]3(CCCc4cc(Cl)ccc43)COc3ccc(cc32)S(=O)(=O)NC(=O)C1(C)C. The van der Waals surface area contributed by atoms with Crippen molar-refractivity contribution in [1.82, 2.24) is 19.4 Å². The van der Waals surface area contributed by atoms with Crippen molar-refractivity contribution in [2.24, 2.45) is 11.8 Å². The maximum Gasteiger partial charge on any atom is 0.410 e. The number of nitrogens with zero attached hydrogens (tertiary/aromatic N) is 4. The van der Waals surface area contributed by atoms with Gasteiger partial charge in [0.25, 0.3) is 15.9 Å². The molecule has 54 heavy (non-hydrogen) atoms. The molecule has 8 rings (SSSR count). The summed E-state index contributed by atoms with van der Waals surface area (Å²) in [6.07, 6.45) is 7.77. The van der Waals surface area contributed by atoms with Gasteiger partial charge >= 0.3 is 6.09 Å². The Bertz CT molecular complexity index is 1930. The van der Waals surface area contributed by atoms with Crippen LogP contribution in [0.3, 0.4) is 0 Å². The van der Waals surface area contributed by atoms with E-state index in [0.717, 1.165) is 51.8 Å². The largest absolute Gasteiger partial charge is 0.490 e. The minimum absolute atomic E-state index is 0.000785. The smallest absolute Gasteiger partial charge is 0.410 e. The molecule has 2 aromatic rings. The van der Waals surface area contributed by atoms with E-state index in [2.05, 4.69) is 26.7 Å². The summed E-state index contributed by atoms with van der Waals surface area (Å²) >= 11 is 6.47. The quantitative estimate of drug-likeness (QED) is 0.416. The zero-order valence-electron chi connectivity index (χ0n) is 31.5. The Morgan fingerprint density at radius 2 is 1.93 bits per heavy atom. The molecule has 2 amide bonds. The Morgan fingerprint density at radius 3 is 2.74 bits per heavy atom. The van der Waals surface area contributed by atoms with E-state index in [9.17, 15) is 18.0 Å². The lowest BCUT2D eigenvalue weighted by molar-refractivity contribution is -0.128. The Balaban J connectivity index is 1.15. The van der Waals surface area contributed by atoms with Gasteiger partial charge in [-0.15, -0.1) is 0 Å². The first-order chi connectivity index (χ1) is 25.8. The zero-order chi connectivity index (χ0) is 37.8. The van der Waals surface area contributed by atoms with Crippen LogP contribution in [0.15, 0.2) is 53.4 Å². The Labute approximate surface area is 323 Å². The molecule has 4 aliphatic heterocycles. The number of ether oxygens (including phenoxy) is 3. The van der Waals surface area contributed by atoms with E-state index in [0.29, 0.717) is 62.4 Å². The summed E-state index contributed by atoms with van der Waals surface area (Å²) in [5, 5.41) is 0.708. The van der Waals surface area contributed by atoms with Gasteiger partial charge in [-0.05, 0) is 106 Å². The number of hydrogen-bond donors (Lipinski definition) is 1. The number of carbonyl (C=O) groups is 2. The molecule has 3 fully saturated rings. The lowest BCUT2D eigenvalue weighted by Crippen LogP contribution is -2.59. The molecule has 0 unspecified atom stereocenters. The van der Waals surface area contributed by atoms with Gasteiger partial charge in [-0.25, -0.2) is 17.9 Å². The minimum atomic E-state index is -4.22. The number of benzene rings is 2. The number of carbonyl (C=O) groups excluding carboxylic acids is 2. The van der Waals surface area contributed by atoms with Gasteiger partial charge in [0.2, 0.25) is 0 Å². The van der Waals surface area contributed by atoms with Crippen molar-refractivity contribution >= 4 is 39.3 Å². The van der Waals surface area contributed by atoms with Crippen molar-refractivity contribution in [2.75, 3.05) is 77.6 Å². The number of hydrogen-bond acceptors (Lipinski definition) is 10. The highest BCUT2D eigenvalue weighted by molar-refractivity contribution is 7.90. The molecular weight excluding hydrogens is 730 g/mol. The van der Waals surface area contributed by atoms with E-state index in [-0.39, 0.29) is 34.3 Å². The molecule has 0 aromatic heterocycles. The van der Waals surface area contributed by atoms with Gasteiger partial charge in [0.1, 0.15) is 11.9 Å². The molecule has 1 N–H and O–H groups in total. The number of anilines is 1. The molecule has 2 aliphatic carbocycles. The second-order valence-corrected chi connectivity index (χ2v) is 18.7. The fourth-order valence-electron chi connectivity index (χ4n) is 9.23. The van der Waals surface area contributed by atoms with Crippen LogP contribution >= 0.6 is 11.6 Å². The Hall–Kier alpha value is -3.36. The number of halogens is 1. The predicted octanol–water partition coefficient (Wildman–Crippen LogP) is 4.45. The van der Waals surface area contributed by atoms with E-state index in [1.807, 2.05) is 23.1 Å². The van der Waals surface area contributed by atoms with Crippen LogP contribution in [0, 0.1) is 11.8 Å². The van der Waals surface area contributed by atoms with Gasteiger partial charge in [0, 0.05) is 62.2 Å². The van der Waals surface area contributed by atoms with Crippen molar-refractivity contribution in [2.45, 2.75) is 73.9 Å². The van der Waals surface area contributed by atoms with Crippen molar-refractivity contribution < 1.29 is 32.2 Å². The molecule has 0 radical (unpaired) electrons. The summed E-state index contributed by atoms with van der Waals surface area (Å²) in [5.74, 6) is 0.170. The number of rotatable bonds is 1. The van der Waals surface area contributed by atoms with Gasteiger partial charge in [0.15, 0.2) is 0 Å². The third-order valence-electron chi connectivity index (χ3n) is 13.0. The molecule has 6 aliphatic rings. The number of fused-ring (bicyclic) bond motifs is 5. The van der Waals surface area contributed by atoms with E-state index < -0.39 is 27.6 Å². The highest BCUT2D eigenvalue weighted by atomic mass is 35.5. The van der Waals surface area contributed by atoms with Crippen LogP contribution in [-0.2, 0) is 36.1 Å². The summed E-state index contributed by atoms with van der Waals surface area (Å²) in [7, 11) is -2.44. The number of aryl methyl sites for hydroxylation is 1. The molecule has 1 saturated carbocycles. The zero-order valence-corrected chi connectivity index (χ0v) is 33.0. The molecule has 2 saturated heterocycles. The number of sulfonamides is 1. The second-order valence-electron chi connectivity index (χ2n) is 16.6. The Morgan fingerprint density at radius 1 is 1.07 bits per heavy atom. The summed E-state index contributed by atoms with van der Waals surface area (Å²) in [5.41, 5.74) is 1.58. The molecule has 14 heteroatoms. The van der Waals surface area contributed by atoms with Crippen LogP contribution in [0.1, 0.15) is 50.7 Å². The van der Waals surface area contributed by atoms with Gasteiger partial charge in [-0.2, -0.15) is 0 Å². The minimum Gasteiger partial charge on any atom is -0.490 e. The van der Waals surface area contributed by atoms with E-state index in [1.165, 1.54) is 17.2 Å². The van der Waals surface area contributed by atoms with Crippen molar-refractivity contribution in [3.05, 3.63) is 64.7 Å². The van der Waals surface area contributed by atoms with Crippen LogP contribution in [0.4, 0.5) is 10.5 Å². The molecule has 5 atom stereocenters. The number of nitrogens with one attached hydrogen (secondary N) is 1. The third-order valence-corrected chi connectivity index (χ3v) is 14.6. The van der Waals surface area contributed by atoms with E-state index in [1.54, 1.807) is 37.9 Å². The first kappa shape index (κ1) is 37.6. The van der Waals surface area contributed by atoms with Crippen LogP contribution < -0.4 is 14.4 Å². The summed E-state index contributed by atoms with van der Waals surface area (Å²) in [6, 6.07) is 11.2. The van der Waals surface area contributed by atoms with Crippen molar-refractivity contribution in [3.63, 3.8) is 0 Å². The van der Waals surface area contributed by atoms with Crippen molar-refractivity contribution in [3.8, 4) is 5.75 Å². The standard InChI is InChI=1S/C40H52ClN5O7S/c1-39(2)37(47)42-54(49,50)31-10-13-36-34(21-31)46(25-40(26-52-36)14-4-6-27-20-29(41)9-12-33(27)40)22-28-8-11-32(28)35(7-5-15-43(39)3)53-38(48)45-17-16-44-18-19-51-24-30(44)23-45/h5,7,9-10,12-13,20-21,28,30,32,35H,4,6,8,11,14-19,22-26H2,1-3H3,(H,42,47)/b7-5-/t28-,30-,32+,35-,40-/m0/s1. The fraction of sp³-hybridized carbons (Fsp3) is 0.600. The molecule has 4 heterocycles. The molecular formula is C40H52ClN5O7S. The molecule has 292 valence electrons. The van der Waals surface area contributed by atoms with E-state index in [4.69, 9.17) is 25.8 Å². The average Bonchev–Trinajstić information content (AvgIpc) is 3.29. The number of likely N-dealkylation sites (N-methyl/N-ethyl adjacent to an activating group) is 1. The lowest BCUT2D eigenvalue weighted by Gasteiger charge is -2.46. The second kappa shape index (κ2) is 14.6. The van der Waals surface area contributed by atoms with Gasteiger partial charge < -0.3 is 24.0 Å². The normalized spacial score (nSPS) is 31.7. The maximum atomic E-state index is 13.9. The van der Waals surface area contributed by atoms with Gasteiger partial charge in [-0.1, -0.05) is 23.7 Å². The average molecular weight is 782 g/mol. The van der Waals surface area contributed by atoms with Crippen LogP contribution in [0.5, 0.6) is 5.75 Å². The molecule has 12 nitrogen and oxygen atoms in total. The fourth-order valence-corrected chi connectivity index (χ4v) is 10.6. The number of amides is 2.